The molecular formula is C15H19NO6. The Morgan fingerprint density at radius 1 is 1.36 bits per heavy atom. The zero-order chi connectivity index (χ0) is 16.2. The molecule has 1 saturated heterocycles. The Morgan fingerprint density at radius 3 is 2.64 bits per heavy atom. The number of piperidine rings is 1. The second kappa shape index (κ2) is 6.76. The normalized spacial score (nSPS) is 24.7. The second-order valence-electron chi connectivity index (χ2n) is 5.17. The molecule has 0 unspecified atom stereocenters. The zero-order valence-electron chi connectivity index (χ0n) is 12.3. The van der Waals surface area contributed by atoms with Gasteiger partial charge in [-0.05, 0) is 5.56 Å². The summed E-state index contributed by atoms with van der Waals surface area (Å²) in [4.78, 5) is 24.7. The number of carbonyl (C=O) groups is 2. The maximum Gasteiger partial charge on any atom is 0.410 e. The number of benzene rings is 1. The van der Waals surface area contributed by atoms with Crippen LogP contribution in [0, 0.1) is 0 Å². The summed E-state index contributed by atoms with van der Waals surface area (Å²) in [6, 6.07) is 9.19. The number of aliphatic hydroxyl groups excluding tert-OH is 1. The molecule has 7 nitrogen and oxygen atoms in total. The van der Waals surface area contributed by atoms with Crippen LogP contribution in [0.15, 0.2) is 30.3 Å². The largest absolute Gasteiger partial charge is 0.467 e. The number of nitrogens with zero attached hydrogens (tertiary/aromatic N) is 1. The highest BCUT2D eigenvalue weighted by atomic mass is 16.6. The zero-order valence-corrected chi connectivity index (χ0v) is 12.3. The molecule has 1 aliphatic heterocycles. The van der Waals surface area contributed by atoms with Crippen LogP contribution < -0.4 is 0 Å². The van der Waals surface area contributed by atoms with Gasteiger partial charge in [-0.25, -0.2) is 9.59 Å². The highest BCUT2D eigenvalue weighted by Gasteiger charge is 2.49. The maximum atomic E-state index is 12.0. The second-order valence-corrected chi connectivity index (χ2v) is 5.17. The summed E-state index contributed by atoms with van der Waals surface area (Å²) in [5.74, 6) is -0.905. The molecule has 1 aromatic rings. The van der Waals surface area contributed by atoms with Crippen molar-refractivity contribution in [3.8, 4) is 0 Å². The number of carbonyl (C=O) groups excluding carboxylic acids is 2. The van der Waals surface area contributed by atoms with E-state index >= 15 is 0 Å². The van der Waals surface area contributed by atoms with Crippen LogP contribution in [-0.2, 0) is 20.9 Å². The topological polar surface area (TPSA) is 96.3 Å². The first-order valence-corrected chi connectivity index (χ1v) is 6.92. The average molecular weight is 309 g/mol. The molecule has 1 heterocycles. The van der Waals surface area contributed by atoms with E-state index in [0.29, 0.717) is 0 Å². The monoisotopic (exact) mass is 309 g/mol. The molecule has 0 aliphatic carbocycles. The van der Waals surface area contributed by atoms with Gasteiger partial charge in [0.15, 0.2) is 5.60 Å². The number of rotatable bonds is 3. The number of likely N-dealkylation sites (tertiary alicyclic amines) is 1. The van der Waals surface area contributed by atoms with Gasteiger partial charge in [-0.3, -0.25) is 0 Å². The molecule has 0 bridgehead atoms. The molecule has 0 aromatic heterocycles. The molecule has 120 valence electrons. The summed E-state index contributed by atoms with van der Waals surface area (Å²) in [5.41, 5.74) is -1.13. The van der Waals surface area contributed by atoms with Gasteiger partial charge in [-0.15, -0.1) is 0 Å². The van der Waals surface area contributed by atoms with Crippen molar-refractivity contribution in [1.29, 1.82) is 0 Å². The highest BCUT2D eigenvalue weighted by molar-refractivity contribution is 5.80. The number of hydrogen-bond acceptors (Lipinski definition) is 6. The third-order valence-corrected chi connectivity index (χ3v) is 3.71. The number of amides is 1. The van der Waals surface area contributed by atoms with Crippen molar-refractivity contribution in [2.75, 3.05) is 20.2 Å². The van der Waals surface area contributed by atoms with Crippen molar-refractivity contribution in [1.82, 2.24) is 4.90 Å². The SMILES string of the molecule is COC(=O)[C@@]1(O)CCN(C(=O)OCc2ccccc2)C[C@@H]1O. The summed E-state index contributed by atoms with van der Waals surface area (Å²) < 4.78 is 9.63. The number of ether oxygens (including phenoxy) is 2. The van der Waals surface area contributed by atoms with Gasteiger partial charge in [0.2, 0.25) is 0 Å². The first-order chi connectivity index (χ1) is 10.5. The quantitative estimate of drug-likeness (QED) is 0.779. The Kier molecular flexibility index (Phi) is 4.99. The Hall–Kier alpha value is -2.12. The van der Waals surface area contributed by atoms with Gasteiger partial charge in [0.05, 0.1) is 13.7 Å². The Labute approximate surface area is 128 Å². The van der Waals surface area contributed by atoms with Crippen molar-refractivity contribution in [2.45, 2.75) is 24.7 Å². The van der Waals surface area contributed by atoms with Gasteiger partial charge in [-0.2, -0.15) is 0 Å². The first-order valence-electron chi connectivity index (χ1n) is 6.92. The lowest BCUT2D eigenvalue weighted by Gasteiger charge is -2.39. The van der Waals surface area contributed by atoms with Crippen molar-refractivity contribution in [3.63, 3.8) is 0 Å². The predicted octanol–water partition coefficient (Wildman–Crippen LogP) is 0.294. The molecule has 0 saturated carbocycles. The molecule has 2 rings (SSSR count). The molecule has 1 fully saturated rings. The van der Waals surface area contributed by atoms with Crippen LogP contribution >= 0.6 is 0 Å². The van der Waals surface area contributed by atoms with E-state index in [-0.39, 0.29) is 26.1 Å². The van der Waals surface area contributed by atoms with Crippen LogP contribution in [0.2, 0.25) is 0 Å². The smallest absolute Gasteiger partial charge is 0.410 e. The van der Waals surface area contributed by atoms with E-state index in [2.05, 4.69) is 4.74 Å². The van der Waals surface area contributed by atoms with Gasteiger partial charge < -0.3 is 24.6 Å². The van der Waals surface area contributed by atoms with Crippen molar-refractivity contribution < 1.29 is 29.3 Å². The number of esters is 1. The van der Waals surface area contributed by atoms with Gasteiger partial charge in [-0.1, -0.05) is 30.3 Å². The Balaban J connectivity index is 1.90. The van der Waals surface area contributed by atoms with Crippen molar-refractivity contribution in [3.05, 3.63) is 35.9 Å². The molecule has 2 atom stereocenters. The summed E-state index contributed by atoms with van der Waals surface area (Å²) in [5, 5.41) is 20.0. The van der Waals surface area contributed by atoms with Crippen LogP contribution in [0.3, 0.4) is 0 Å². The molecule has 2 N–H and O–H groups in total. The minimum absolute atomic E-state index is 0.0935. The van der Waals surface area contributed by atoms with Crippen LogP contribution in [0.1, 0.15) is 12.0 Å². The Morgan fingerprint density at radius 2 is 2.05 bits per heavy atom. The lowest BCUT2D eigenvalue weighted by atomic mass is 9.89. The first kappa shape index (κ1) is 16.3. The Bertz CT molecular complexity index is 534. The minimum Gasteiger partial charge on any atom is -0.467 e. The van der Waals surface area contributed by atoms with Gasteiger partial charge in [0.25, 0.3) is 0 Å². The number of hydrogen-bond donors (Lipinski definition) is 2. The number of aliphatic hydroxyl groups is 2. The van der Waals surface area contributed by atoms with E-state index in [1.165, 1.54) is 4.90 Å². The predicted molar refractivity (Wildman–Crippen MR) is 75.8 cm³/mol. The number of methoxy groups -OCH3 is 1. The van der Waals surface area contributed by atoms with E-state index in [1.54, 1.807) is 0 Å². The van der Waals surface area contributed by atoms with Gasteiger partial charge >= 0.3 is 12.1 Å². The standard InChI is InChI=1S/C15H19NO6/c1-21-13(18)15(20)7-8-16(9-12(15)17)14(19)22-10-11-5-3-2-4-6-11/h2-6,12,17,20H,7-10H2,1H3/t12-,15+/m0/s1. The van der Waals surface area contributed by atoms with Crippen LogP contribution in [0.4, 0.5) is 4.79 Å². The van der Waals surface area contributed by atoms with Crippen molar-refractivity contribution in [2.24, 2.45) is 0 Å². The molecule has 1 aromatic carbocycles. The van der Waals surface area contributed by atoms with E-state index in [4.69, 9.17) is 4.74 Å². The summed E-state index contributed by atoms with van der Waals surface area (Å²) in [6.45, 7) is 0.0169. The van der Waals surface area contributed by atoms with Gasteiger partial charge in [0.1, 0.15) is 12.7 Å². The van der Waals surface area contributed by atoms with Crippen LogP contribution in [0.5, 0.6) is 0 Å². The van der Waals surface area contributed by atoms with E-state index < -0.39 is 23.8 Å². The van der Waals surface area contributed by atoms with Gasteiger partial charge in [0, 0.05) is 13.0 Å². The van der Waals surface area contributed by atoms with Crippen LogP contribution in [-0.4, -0.2) is 59.1 Å². The lowest BCUT2D eigenvalue weighted by molar-refractivity contribution is -0.183. The molecule has 1 amide bonds. The molecular weight excluding hydrogens is 290 g/mol. The summed E-state index contributed by atoms with van der Waals surface area (Å²) >= 11 is 0. The molecule has 1 aliphatic rings. The highest BCUT2D eigenvalue weighted by Crippen LogP contribution is 2.24. The fraction of sp³-hybridized carbons (Fsp3) is 0.467. The minimum atomic E-state index is -1.98. The molecule has 0 radical (unpaired) electrons. The fourth-order valence-electron chi connectivity index (χ4n) is 2.31. The fourth-order valence-corrected chi connectivity index (χ4v) is 2.31. The third kappa shape index (κ3) is 3.37. The average Bonchev–Trinajstić information content (AvgIpc) is 2.55. The van der Waals surface area contributed by atoms with Crippen LogP contribution in [0.25, 0.3) is 0 Å². The van der Waals surface area contributed by atoms with E-state index in [9.17, 15) is 19.8 Å². The van der Waals surface area contributed by atoms with E-state index in [0.717, 1.165) is 12.7 Å². The molecule has 22 heavy (non-hydrogen) atoms. The summed E-state index contributed by atoms with van der Waals surface area (Å²) in [6.07, 6.45) is -2.13. The molecule has 7 heteroatoms. The lowest BCUT2D eigenvalue weighted by Crippen LogP contribution is -2.61. The van der Waals surface area contributed by atoms with E-state index in [1.807, 2.05) is 30.3 Å². The van der Waals surface area contributed by atoms with Crippen molar-refractivity contribution >= 4 is 12.1 Å². The number of β-amino-alcohol motifs (C(OH)–C–C–N with tert-alkyl or cyclic N) is 1. The summed E-state index contributed by atoms with van der Waals surface area (Å²) in [7, 11) is 1.13. The molecule has 0 spiro atoms. The maximum absolute atomic E-state index is 12.0. The third-order valence-electron chi connectivity index (χ3n) is 3.71.